The van der Waals surface area contributed by atoms with Crippen LogP contribution in [0.2, 0.25) is 0 Å². The number of carboxylic acid groups (broad SMARTS) is 1. The third kappa shape index (κ3) is 3.17. The van der Waals surface area contributed by atoms with Gasteiger partial charge in [0.25, 0.3) is 10.0 Å². The lowest BCUT2D eigenvalue weighted by Gasteiger charge is -2.14. The Balaban J connectivity index is 2.32. The monoisotopic (exact) mass is 327 g/mol. The van der Waals surface area contributed by atoms with Crippen molar-refractivity contribution in [1.82, 2.24) is 24.3 Å². The third-order valence-electron chi connectivity index (χ3n) is 3.06. The van der Waals surface area contributed by atoms with E-state index >= 15 is 0 Å². The van der Waals surface area contributed by atoms with Crippen molar-refractivity contribution in [2.24, 2.45) is 7.05 Å². The molecule has 2 aromatic heterocycles. The lowest BCUT2D eigenvalue weighted by atomic mass is 10.2. The van der Waals surface area contributed by atoms with Crippen LogP contribution >= 0.6 is 0 Å². The Bertz CT molecular complexity index is 777. The molecule has 9 nitrogen and oxygen atoms in total. The molecule has 0 fully saturated rings. The molecule has 0 saturated heterocycles. The quantitative estimate of drug-likeness (QED) is 0.787. The van der Waals surface area contributed by atoms with Crippen LogP contribution in [0.1, 0.15) is 31.6 Å². The zero-order valence-corrected chi connectivity index (χ0v) is 13.1. The highest BCUT2D eigenvalue weighted by molar-refractivity contribution is 7.89. The Morgan fingerprint density at radius 1 is 1.36 bits per heavy atom. The van der Waals surface area contributed by atoms with Gasteiger partial charge in [0.1, 0.15) is 0 Å². The van der Waals surface area contributed by atoms with E-state index in [0.29, 0.717) is 0 Å². The minimum Gasteiger partial charge on any atom is -0.480 e. The van der Waals surface area contributed by atoms with Gasteiger partial charge in [-0.3, -0.25) is 14.2 Å². The van der Waals surface area contributed by atoms with E-state index in [4.69, 9.17) is 0 Å². The second-order valence-electron chi connectivity index (χ2n) is 5.00. The smallest absolute Gasteiger partial charge is 0.327 e. The molecule has 2 rings (SSSR count). The molecule has 1 atom stereocenters. The van der Waals surface area contributed by atoms with Crippen LogP contribution in [0.15, 0.2) is 29.6 Å². The maximum atomic E-state index is 12.3. The molecule has 1 unspecified atom stereocenters. The summed E-state index contributed by atoms with van der Waals surface area (Å²) in [6.07, 6.45) is 2.92. The number of aromatic nitrogens is 4. The molecule has 10 heteroatoms. The fourth-order valence-corrected chi connectivity index (χ4v) is 2.97. The molecule has 22 heavy (non-hydrogen) atoms. The van der Waals surface area contributed by atoms with Crippen LogP contribution in [0, 0.1) is 0 Å². The van der Waals surface area contributed by atoms with Gasteiger partial charge in [0.15, 0.2) is 11.1 Å². The van der Waals surface area contributed by atoms with E-state index < -0.39 is 22.0 Å². The molecule has 0 saturated carbocycles. The number of hydrogen-bond donors (Lipinski definition) is 2. The predicted molar refractivity (Wildman–Crippen MR) is 76.5 cm³/mol. The fraction of sp³-hybridized carbons (Fsp3) is 0.417. The third-order valence-corrected chi connectivity index (χ3v) is 4.38. The Labute approximate surface area is 127 Å². The first kappa shape index (κ1) is 16.2. The van der Waals surface area contributed by atoms with Gasteiger partial charge >= 0.3 is 5.97 Å². The number of aliphatic carboxylic acids is 1. The van der Waals surface area contributed by atoms with Gasteiger partial charge in [-0.05, 0) is 26.0 Å². The summed E-state index contributed by atoms with van der Waals surface area (Å²) in [4.78, 5) is 11.4. The molecule has 0 spiro atoms. The Morgan fingerprint density at radius 3 is 2.50 bits per heavy atom. The molecule has 120 valence electrons. The van der Waals surface area contributed by atoms with E-state index in [1.165, 1.54) is 40.9 Å². The maximum Gasteiger partial charge on any atom is 0.327 e. The fourth-order valence-electron chi connectivity index (χ4n) is 1.87. The molecule has 0 bridgehead atoms. The summed E-state index contributed by atoms with van der Waals surface area (Å²) in [5.41, 5.74) is 0.222. The molecule has 2 N–H and O–H groups in total. The molecular formula is C12H17N5O4S. The predicted octanol–water partition coefficient (Wildman–Crippen LogP) is 0.302. The Kier molecular flexibility index (Phi) is 4.33. The standard InChI is InChI=1S/C12H17N5O4S/c1-8(2)17-7-5-10(14-17)22(20,21)15-11(12(18)19)9-4-6-13-16(9)3/h4-8,11,15H,1-3H3,(H,18,19). The van der Waals surface area contributed by atoms with Gasteiger partial charge in [-0.15, -0.1) is 0 Å². The first-order chi connectivity index (χ1) is 10.2. The van der Waals surface area contributed by atoms with E-state index in [-0.39, 0.29) is 16.8 Å². The highest BCUT2D eigenvalue weighted by Crippen LogP contribution is 2.17. The van der Waals surface area contributed by atoms with E-state index in [9.17, 15) is 18.3 Å². The van der Waals surface area contributed by atoms with E-state index in [2.05, 4.69) is 14.9 Å². The number of carbonyl (C=O) groups is 1. The molecular weight excluding hydrogens is 310 g/mol. The number of aryl methyl sites for hydroxylation is 1. The van der Waals surface area contributed by atoms with Crippen molar-refractivity contribution in [2.45, 2.75) is 31.0 Å². The van der Waals surface area contributed by atoms with Gasteiger partial charge in [0, 0.05) is 25.5 Å². The highest BCUT2D eigenvalue weighted by atomic mass is 32.2. The van der Waals surface area contributed by atoms with Gasteiger partial charge in [-0.1, -0.05) is 0 Å². The van der Waals surface area contributed by atoms with Crippen LogP contribution in [0.3, 0.4) is 0 Å². The lowest BCUT2D eigenvalue weighted by molar-refractivity contribution is -0.139. The van der Waals surface area contributed by atoms with Gasteiger partial charge < -0.3 is 5.11 Å². The summed E-state index contributed by atoms with van der Waals surface area (Å²) in [6.45, 7) is 3.71. The number of hydrogen-bond acceptors (Lipinski definition) is 5. The number of nitrogens with zero attached hydrogens (tertiary/aromatic N) is 4. The minimum atomic E-state index is -4.06. The van der Waals surface area contributed by atoms with Crippen molar-refractivity contribution < 1.29 is 18.3 Å². The van der Waals surface area contributed by atoms with E-state index in [0.717, 1.165) is 0 Å². The number of nitrogens with one attached hydrogen (secondary N) is 1. The van der Waals surface area contributed by atoms with E-state index in [1.807, 2.05) is 13.8 Å². The Hall–Kier alpha value is -2.20. The van der Waals surface area contributed by atoms with Crippen LogP contribution in [-0.2, 0) is 21.9 Å². The molecule has 0 aromatic carbocycles. The van der Waals surface area contributed by atoms with Crippen LogP contribution in [0.5, 0.6) is 0 Å². The SMILES string of the molecule is CC(C)n1ccc(S(=O)(=O)NC(C(=O)O)c2ccnn2C)n1. The molecule has 0 aliphatic carbocycles. The van der Waals surface area contributed by atoms with Gasteiger partial charge in [-0.25, -0.2) is 8.42 Å². The number of rotatable bonds is 6. The lowest BCUT2D eigenvalue weighted by Crippen LogP contribution is -2.35. The number of carboxylic acids is 1. The van der Waals surface area contributed by atoms with Crippen molar-refractivity contribution in [3.8, 4) is 0 Å². The maximum absolute atomic E-state index is 12.3. The minimum absolute atomic E-state index is 0.00343. The first-order valence-electron chi connectivity index (χ1n) is 6.50. The molecule has 0 radical (unpaired) electrons. The second-order valence-corrected chi connectivity index (χ2v) is 6.66. The summed E-state index contributed by atoms with van der Waals surface area (Å²) in [5.74, 6) is -1.32. The normalized spacial score (nSPS) is 13.5. The van der Waals surface area contributed by atoms with E-state index in [1.54, 1.807) is 0 Å². The average molecular weight is 327 g/mol. The van der Waals surface area contributed by atoms with Crippen LogP contribution in [-0.4, -0.2) is 39.1 Å². The van der Waals surface area contributed by atoms with Crippen molar-refractivity contribution in [1.29, 1.82) is 0 Å². The largest absolute Gasteiger partial charge is 0.480 e. The molecule has 2 heterocycles. The van der Waals surface area contributed by atoms with Crippen LogP contribution < -0.4 is 4.72 Å². The Morgan fingerprint density at radius 2 is 2.05 bits per heavy atom. The topological polar surface area (TPSA) is 119 Å². The van der Waals surface area contributed by atoms with Crippen molar-refractivity contribution in [2.75, 3.05) is 0 Å². The van der Waals surface area contributed by atoms with Crippen molar-refractivity contribution >= 4 is 16.0 Å². The summed E-state index contributed by atoms with van der Waals surface area (Å²) in [7, 11) is -2.53. The summed E-state index contributed by atoms with van der Waals surface area (Å²) >= 11 is 0. The first-order valence-corrected chi connectivity index (χ1v) is 7.99. The summed E-state index contributed by atoms with van der Waals surface area (Å²) in [6, 6.07) is 1.32. The zero-order chi connectivity index (χ0) is 16.5. The number of sulfonamides is 1. The van der Waals surface area contributed by atoms with Crippen molar-refractivity contribution in [3.63, 3.8) is 0 Å². The highest BCUT2D eigenvalue weighted by Gasteiger charge is 2.30. The van der Waals surface area contributed by atoms with Crippen molar-refractivity contribution in [3.05, 3.63) is 30.2 Å². The molecule has 0 aliphatic rings. The van der Waals surface area contributed by atoms with Gasteiger partial charge in [-0.2, -0.15) is 14.9 Å². The molecule has 0 aliphatic heterocycles. The van der Waals surface area contributed by atoms with Gasteiger partial charge in [0.2, 0.25) is 0 Å². The average Bonchev–Trinajstić information content (AvgIpc) is 3.04. The summed E-state index contributed by atoms with van der Waals surface area (Å²) < 4.78 is 29.5. The van der Waals surface area contributed by atoms with Crippen LogP contribution in [0.25, 0.3) is 0 Å². The molecule has 2 aromatic rings. The molecule has 0 amide bonds. The second kappa shape index (κ2) is 5.89. The van der Waals surface area contributed by atoms with Crippen LogP contribution in [0.4, 0.5) is 0 Å². The van der Waals surface area contributed by atoms with Gasteiger partial charge in [0.05, 0.1) is 5.69 Å². The summed E-state index contributed by atoms with van der Waals surface area (Å²) in [5, 5.41) is 16.8. The zero-order valence-electron chi connectivity index (χ0n) is 12.3.